The van der Waals surface area contributed by atoms with Gasteiger partial charge in [-0.15, -0.1) is 0 Å². The van der Waals surface area contributed by atoms with Gasteiger partial charge in [-0.05, 0) is 12.1 Å². The summed E-state index contributed by atoms with van der Waals surface area (Å²) in [4.78, 5) is 21.7. The summed E-state index contributed by atoms with van der Waals surface area (Å²) in [6.07, 6.45) is 0.694. The molecular formula is C13H17N3O5. The monoisotopic (exact) mass is 295 g/mol. The number of amides is 1. The Morgan fingerprint density at radius 1 is 1.62 bits per heavy atom. The molecule has 1 heterocycles. The van der Waals surface area contributed by atoms with Crippen LogP contribution in [-0.4, -0.2) is 43.3 Å². The zero-order chi connectivity index (χ0) is 15.5. The molecule has 2 rings (SSSR count). The normalized spacial score (nSPS) is 21.2. The molecule has 1 saturated heterocycles. The fourth-order valence-electron chi connectivity index (χ4n) is 2.21. The molecule has 1 amide bonds. The van der Waals surface area contributed by atoms with Crippen molar-refractivity contribution in [3.05, 3.63) is 33.9 Å². The standard InChI is InChI=1S/C13H17N3O5/c1-20-13(4-5-21-8-13)7-15-10-6-9(12(14)17)2-3-11(10)16(18)19/h2-3,6,15H,4-5,7-8H2,1H3,(H2,14,17). The van der Waals surface area contributed by atoms with E-state index < -0.39 is 16.4 Å². The molecule has 0 radical (unpaired) electrons. The van der Waals surface area contributed by atoms with E-state index in [1.807, 2.05) is 0 Å². The van der Waals surface area contributed by atoms with Gasteiger partial charge >= 0.3 is 0 Å². The second-order valence-electron chi connectivity index (χ2n) is 4.90. The van der Waals surface area contributed by atoms with Crippen LogP contribution in [0.4, 0.5) is 11.4 Å². The lowest BCUT2D eigenvalue weighted by Crippen LogP contribution is -2.39. The third kappa shape index (κ3) is 3.29. The molecular weight excluding hydrogens is 278 g/mol. The van der Waals surface area contributed by atoms with Crippen molar-refractivity contribution in [1.82, 2.24) is 0 Å². The highest BCUT2D eigenvalue weighted by atomic mass is 16.6. The number of hydrogen-bond acceptors (Lipinski definition) is 6. The van der Waals surface area contributed by atoms with Crippen LogP contribution in [0, 0.1) is 10.1 Å². The Balaban J connectivity index is 2.22. The van der Waals surface area contributed by atoms with Gasteiger partial charge in [0.25, 0.3) is 5.69 Å². The van der Waals surface area contributed by atoms with E-state index >= 15 is 0 Å². The quantitative estimate of drug-likeness (QED) is 0.595. The van der Waals surface area contributed by atoms with Gasteiger partial charge in [-0.1, -0.05) is 0 Å². The minimum atomic E-state index is -0.640. The smallest absolute Gasteiger partial charge is 0.292 e. The first kappa shape index (κ1) is 15.2. The summed E-state index contributed by atoms with van der Waals surface area (Å²) in [6.45, 7) is 1.34. The van der Waals surface area contributed by atoms with E-state index in [1.165, 1.54) is 18.2 Å². The van der Waals surface area contributed by atoms with Crippen LogP contribution in [0.5, 0.6) is 0 Å². The number of carbonyl (C=O) groups is 1. The third-order valence-electron chi connectivity index (χ3n) is 3.58. The number of benzene rings is 1. The van der Waals surface area contributed by atoms with E-state index in [2.05, 4.69) is 5.32 Å². The predicted octanol–water partition coefficient (Wildman–Crippen LogP) is 0.911. The van der Waals surface area contributed by atoms with E-state index in [4.69, 9.17) is 15.2 Å². The van der Waals surface area contributed by atoms with Crippen LogP contribution >= 0.6 is 0 Å². The molecule has 1 aromatic carbocycles. The third-order valence-corrected chi connectivity index (χ3v) is 3.58. The molecule has 21 heavy (non-hydrogen) atoms. The van der Waals surface area contributed by atoms with Crippen molar-refractivity contribution in [3.8, 4) is 0 Å². The van der Waals surface area contributed by atoms with Crippen LogP contribution in [0.2, 0.25) is 0 Å². The van der Waals surface area contributed by atoms with Crippen LogP contribution in [0.25, 0.3) is 0 Å². The Morgan fingerprint density at radius 3 is 2.90 bits per heavy atom. The highest BCUT2D eigenvalue weighted by molar-refractivity contribution is 5.94. The van der Waals surface area contributed by atoms with Gasteiger partial charge in [0.15, 0.2) is 0 Å². The van der Waals surface area contributed by atoms with Gasteiger partial charge < -0.3 is 20.5 Å². The molecule has 1 aliphatic rings. The summed E-state index contributed by atoms with van der Waals surface area (Å²) < 4.78 is 10.8. The molecule has 1 aromatic rings. The highest BCUT2D eigenvalue weighted by Crippen LogP contribution is 2.28. The van der Waals surface area contributed by atoms with Crippen molar-refractivity contribution < 1.29 is 19.2 Å². The van der Waals surface area contributed by atoms with Crippen molar-refractivity contribution in [2.45, 2.75) is 12.0 Å². The molecule has 8 nitrogen and oxygen atoms in total. The van der Waals surface area contributed by atoms with E-state index in [0.717, 1.165) is 0 Å². The number of nitrogens with zero attached hydrogens (tertiary/aromatic N) is 1. The lowest BCUT2D eigenvalue weighted by atomic mass is 10.0. The Morgan fingerprint density at radius 2 is 2.38 bits per heavy atom. The molecule has 1 atom stereocenters. The zero-order valence-electron chi connectivity index (χ0n) is 11.6. The first-order chi connectivity index (χ1) is 9.97. The first-order valence-corrected chi connectivity index (χ1v) is 6.42. The average Bonchev–Trinajstić information content (AvgIpc) is 2.94. The Hall–Kier alpha value is -2.19. The van der Waals surface area contributed by atoms with Gasteiger partial charge in [0.1, 0.15) is 11.3 Å². The van der Waals surface area contributed by atoms with Crippen LogP contribution in [0.1, 0.15) is 16.8 Å². The molecule has 0 saturated carbocycles. The summed E-state index contributed by atoms with van der Waals surface area (Å²) in [5.74, 6) is -0.640. The molecule has 0 bridgehead atoms. The molecule has 0 aromatic heterocycles. The minimum Gasteiger partial charge on any atom is -0.378 e. The summed E-state index contributed by atoms with van der Waals surface area (Å²) in [7, 11) is 1.57. The predicted molar refractivity (Wildman–Crippen MR) is 75.3 cm³/mol. The highest BCUT2D eigenvalue weighted by Gasteiger charge is 2.35. The van der Waals surface area contributed by atoms with Gasteiger partial charge in [-0.25, -0.2) is 0 Å². The molecule has 114 valence electrons. The van der Waals surface area contributed by atoms with Gasteiger partial charge in [0.2, 0.25) is 5.91 Å². The summed E-state index contributed by atoms with van der Waals surface area (Å²) in [5, 5.41) is 14.0. The number of primary amides is 1. The Kier molecular flexibility index (Phi) is 4.39. The van der Waals surface area contributed by atoms with Gasteiger partial charge in [0, 0.05) is 38.3 Å². The second kappa shape index (κ2) is 6.06. The van der Waals surface area contributed by atoms with Crippen LogP contribution in [-0.2, 0) is 9.47 Å². The van der Waals surface area contributed by atoms with Crippen molar-refractivity contribution in [2.24, 2.45) is 5.73 Å². The molecule has 1 aliphatic heterocycles. The maximum atomic E-state index is 11.2. The maximum absolute atomic E-state index is 11.2. The van der Waals surface area contributed by atoms with E-state index in [1.54, 1.807) is 7.11 Å². The number of nitro benzene ring substituents is 1. The molecule has 8 heteroatoms. The number of carbonyl (C=O) groups excluding carboxylic acids is 1. The lowest BCUT2D eigenvalue weighted by molar-refractivity contribution is -0.384. The van der Waals surface area contributed by atoms with Crippen LogP contribution in [0.15, 0.2) is 18.2 Å². The number of anilines is 1. The van der Waals surface area contributed by atoms with Crippen molar-refractivity contribution in [3.63, 3.8) is 0 Å². The van der Waals surface area contributed by atoms with Crippen LogP contribution in [0.3, 0.4) is 0 Å². The van der Waals surface area contributed by atoms with Gasteiger partial charge in [-0.2, -0.15) is 0 Å². The number of methoxy groups -OCH3 is 1. The molecule has 3 N–H and O–H groups in total. The van der Waals surface area contributed by atoms with Gasteiger partial charge in [-0.3, -0.25) is 14.9 Å². The van der Waals surface area contributed by atoms with E-state index in [-0.39, 0.29) is 16.9 Å². The molecule has 0 spiro atoms. The number of nitro groups is 1. The average molecular weight is 295 g/mol. The Bertz CT molecular complexity index is 555. The SMILES string of the molecule is COC1(CNc2cc(C(N)=O)ccc2[N+](=O)[O-])CCOC1. The maximum Gasteiger partial charge on any atom is 0.292 e. The zero-order valence-corrected chi connectivity index (χ0v) is 11.6. The summed E-state index contributed by atoms with van der Waals surface area (Å²) >= 11 is 0. The van der Waals surface area contributed by atoms with Crippen molar-refractivity contribution >= 4 is 17.3 Å². The first-order valence-electron chi connectivity index (χ1n) is 6.42. The molecule has 0 aliphatic carbocycles. The fourth-order valence-corrected chi connectivity index (χ4v) is 2.21. The number of nitrogens with one attached hydrogen (secondary N) is 1. The largest absolute Gasteiger partial charge is 0.378 e. The number of ether oxygens (including phenoxy) is 2. The minimum absolute atomic E-state index is 0.120. The fraction of sp³-hybridized carbons (Fsp3) is 0.462. The van der Waals surface area contributed by atoms with Gasteiger partial charge in [0.05, 0.1) is 11.5 Å². The number of hydrogen-bond donors (Lipinski definition) is 2. The Labute approximate surface area is 121 Å². The lowest BCUT2D eigenvalue weighted by Gasteiger charge is -2.26. The van der Waals surface area contributed by atoms with E-state index in [0.29, 0.717) is 26.2 Å². The number of nitrogens with two attached hydrogens (primary N) is 1. The van der Waals surface area contributed by atoms with Crippen molar-refractivity contribution in [1.29, 1.82) is 0 Å². The summed E-state index contributed by atoms with van der Waals surface area (Å²) in [5.41, 5.74) is 5.00. The summed E-state index contributed by atoms with van der Waals surface area (Å²) in [6, 6.07) is 3.96. The topological polar surface area (TPSA) is 117 Å². The molecule has 1 fully saturated rings. The number of rotatable bonds is 6. The second-order valence-corrected chi connectivity index (χ2v) is 4.90. The molecule has 1 unspecified atom stereocenters. The van der Waals surface area contributed by atoms with Crippen molar-refractivity contribution in [2.75, 3.05) is 32.2 Å². The van der Waals surface area contributed by atoms with Crippen LogP contribution < -0.4 is 11.1 Å². The van der Waals surface area contributed by atoms with E-state index in [9.17, 15) is 14.9 Å².